The minimum Gasteiger partial charge on any atom is -0.309 e. The summed E-state index contributed by atoms with van der Waals surface area (Å²) in [4.78, 5) is 4.98. The molecule has 2 nitrogen and oxygen atoms in total. The number of pyridine rings is 1. The standard InChI is InChI=1S/C43H28N2/c1-2-11-29(12-3-1)43-27-32-13-4-9-20-42(32)45(43)34-15-10-14-30(25-34)33-22-24-41(44-28-33)31-21-23-39-37-18-6-5-16-35(37)36-17-7-8-19-38(36)40(39)26-31/h1-28H. The molecule has 7 aromatic carbocycles. The van der Waals surface area contributed by atoms with Crippen LogP contribution in [0.15, 0.2) is 170 Å². The number of hydrogen-bond donors (Lipinski definition) is 0. The first-order valence-electron chi connectivity index (χ1n) is 15.4. The average molecular weight is 573 g/mol. The normalized spacial score (nSPS) is 11.6. The fourth-order valence-electron chi connectivity index (χ4n) is 6.88. The molecule has 0 fully saturated rings. The van der Waals surface area contributed by atoms with Gasteiger partial charge in [-0.1, -0.05) is 127 Å². The number of nitrogens with zero attached hydrogens (tertiary/aromatic N) is 2. The SMILES string of the molecule is c1ccc(-c2cc3ccccc3n2-c2cccc(-c3ccc(-c4ccc5c6ccccc6c6ccccc6c5c4)nc3)c2)cc1. The van der Waals surface area contributed by atoms with Crippen LogP contribution in [0, 0.1) is 0 Å². The number of benzene rings is 7. The van der Waals surface area contributed by atoms with Crippen molar-refractivity contribution in [2.45, 2.75) is 0 Å². The Morgan fingerprint density at radius 3 is 1.73 bits per heavy atom. The summed E-state index contributed by atoms with van der Waals surface area (Å²) < 4.78 is 2.36. The predicted octanol–water partition coefficient (Wildman–Crippen LogP) is 11.5. The van der Waals surface area contributed by atoms with Crippen molar-refractivity contribution in [1.29, 1.82) is 0 Å². The summed E-state index contributed by atoms with van der Waals surface area (Å²) in [7, 11) is 0. The molecule has 0 saturated carbocycles. The molecular formula is C43H28N2. The molecule has 0 spiro atoms. The largest absolute Gasteiger partial charge is 0.309 e. The van der Waals surface area contributed by atoms with Crippen LogP contribution >= 0.6 is 0 Å². The zero-order valence-corrected chi connectivity index (χ0v) is 24.6. The quantitative estimate of drug-likeness (QED) is 0.192. The van der Waals surface area contributed by atoms with E-state index < -0.39 is 0 Å². The molecule has 2 aromatic heterocycles. The zero-order valence-electron chi connectivity index (χ0n) is 24.6. The van der Waals surface area contributed by atoms with Crippen LogP contribution in [0.4, 0.5) is 0 Å². The molecule has 0 unspecified atom stereocenters. The molecule has 9 rings (SSSR count). The van der Waals surface area contributed by atoms with Crippen molar-refractivity contribution in [3.8, 4) is 39.3 Å². The van der Waals surface area contributed by atoms with E-state index in [0.29, 0.717) is 0 Å². The molecule has 0 aliphatic rings. The first-order chi connectivity index (χ1) is 22.3. The second kappa shape index (κ2) is 10.3. The summed E-state index contributed by atoms with van der Waals surface area (Å²) in [5.41, 5.74) is 9.02. The maximum Gasteiger partial charge on any atom is 0.0702 e. The van der Waals surface area contributed by atoms with Gasteiger partial charge in [0.2, 0.25) is 0 Å². The Labute approximate surface area is 261 Å². The van der Waals surface area contributed by atoms with Crippen LogP contribution in [-0.2, 0) is 0 Å². The maximum atomic E-state index is 4.98. The van der Waals surface area contributed by atoms with E-state index in [9.17, 15) is 0 Å². The third-order valence-corrected chi connectivity index (χ3v) is 9.02. The van der Waals surface area contributed by atoms with Crippen LogP contribution < -0.4 is 0 Å². The van der Waals surface area contributed by atoms with Crippen LogP contribution in [0.25, 0.3) is 82.5 Å². The van der Waals surface area contributed by atoms with Gasteiger partial charge in [0.15, 0.2) is 0 Å². The van der Waals surface area contributed by atoms with Gasteiger partial charge >= 0.3 is 0 Å². The maximum absolute atomic E-state index is 4.98. The molecule has 0 N–H and O–H groups in total. The second-order valence-electron chi connectivity index (χ2n) is 11.6. The van der Waals surface area contributed by atoms with E-state index in [-0.39, 0.29) is 0 Å². The highest BCUT2D eigenvalue weighted by Crippen LogP contribution is 2.37. The summed E-state index contributed by atoms with van der Waals surface area (Å²) in [5.74, 6) is 0. The molecule has 0 aliphatic heterocycles. The van der Waals surface area contributed by atoms with Crippen molar-refractivity contribution in [3.05, 3.63) is 170 Å². The summed E-state index contributed by atoms with van der Waals surface area (Å²) in [5, 5.41) is 8.89. The second-order valence-corrected chi connectivity index (χ2v) is 11.6. The van der Waals surface area contributed by atoms with Gasteiger partial charge in [-0.05, 0) is 79.8 Å². The van der Waals surface area contributed by atoms with Crippen molar-refractivity contribution in [2.75, 3.05) is 0 Å². The third-order valence-electron chi connectivity index (χ3n) is 9.02. The van der Waals surface area contributed by atoms with E-state index >= 15 is 0 Å². The van der Waals surface area contributed by atoms with Gasteiger partial charge in [0.25, 0.3) is 0 Å². The van der Waals surface area contributed by atoms with E-state index in [0.717, 1.165) is 28.1 Å². The smallest absolute Gasteiger partial charge is 0.0702 e. The van der Waals surface area contributed by atoms with Gasteiger partial charge in [0.1, 0.15) is 0 Å². The van der Waals surface area contributed by atoms with Gasteiger partial charge in [-0.25, -0.2) is 0 Å². The summed E-state index contributed by atoms with van der Waals surface area (Å²) in [6.07, 6.45) is 2.00. The molecule has 0 atom stereocenters. The molecule has 2 heteroatoms. The van der Waals surface area contributed by atoms with Gasteiger partial charge in [-0.15, -0.1) is 0 Å². The number of fused-ring (bicyclic) bond motifs is 7. The van der Waals surface area contributed by atoms with Gasteiger partial charge in [0.05, 0.1) is 16.9 Å². The molecule has 9 aromatic rings. The Balaban J connectivity index is 1.12. The lowest BCUT2D eigenvalue weighted by Crippen LogP contribution is -1.97. The fourth-order valence-corrected chi connectivity index (χ4v) is 6.88. The van der Waals surface area contributed by atoms with Crippen molar-refractivity contribution in [2.24, 2.45) is 0 Å². The monoisotopic (exact) mass is 572 g/mol. The van der Waals surface area contributed by atoms with Crippen molar-refractivity contribution in [1.82, 2.24) is 9.55 Å². The van der Waals surface area contributed by atoms with Crippen molar-refractivity contribution < 1.29 is 0 Å². The fraction of sp³-hybridized carbons (Fsp3) is 0. The Hall–Kier alpha value is -5.99. The van der Waals surface area contributed by atoms with Crippen LogP contribution in [0.3, 0.4) is 0 Å². The lowest BCUT2D eigenvalue weighted by atomic mass is 9.93. The molecule has 2 heterocycles. The topological polar surface area (TPSA) is 17.8 Å². The highest BCUT2D eigenvalue weighted by Gasteiger charge is 2.14. The van der Waals surface area contributed by atoms with Crippen LogP contribution in [0.5, 0.6) is 0 Å². The van der Waals surface area contributed by atoms with Crippen LogP contribution in [0.2, 0.25) is 0 Å². The van der Waals surface area contributed by atoms with E-state index in [4.69, 9.17) is 4.98 Å². The van der Waals surface area contributed by atoms with E-state index in [1.54, 1.807) is 0 Å². The molecule has 210 valence electrons. The molecule has 0 amide bonds. The van der Waals surface area contributed by atoms with Gasteiger partial charge in [-0.3, -0.25) is 4.98 Å². The average Bonchev–Trinajstić information content (AvgIpc) is 3.52. The lowest BCUT2D eigenvalue weighted by Gasteiger charge is -2.13. The van der Waals surface area contributed by atoms with E-state index in [1.807, 2.05) is 6.20 Å². The summed E-state index contributed by atoms with van der Waals surface area (Å²) >= 11 is 0. The first kappa shape index (κ1) is 25.5. The number of para-hydroxylation sites is 1. The predicted molar refractivity (Wildman–Crippen MR) is 190 cm³/mol. The Morgan fingerprint density at radius 1 is 0.378 bits per heavy atom. The van der Waals surface area contributed by atoms with Crippen molar-refractivity contribution in [3.63, 3.8) is 0 Å². The van der Waals surface area contributed by atoms with Crippen molar-refractivity contribution >= 4 is 43.2 Å². The summed E-state index contributed by atoms with van der Waals surface area (Å²) in [6.45, 7) is 0. The Morgan fingerprint density at radius 2 is 1.00 bits per heavy atom. The van der Waals surface area contributed by atoms with Gasteiger partial charge in [-0.2, -0.15) is 0 Å². The first-order valence-corrected chi connectivity index (χ1v) is 15.4. The number of hydrogen-bond acceptors (Lipinski definition) is 1. The molecule has 45 heavy (non-hydrogen) atoms. The molecule has 0 radical (unpaired) electrons. The minimum atomic E-state index is 0.969. The third kappa shape index (κ3) is 4.22. The Kier molecular flexibility index (Phi) is 5.85. The lowest BCUT2D eigenvalue weighted by molar-refractivity contribution is 1.13. The minimum absolute atomic E-state index is 0.969. The molecule has 0 aliphatic carbocycles. The number of rotatable bonds is 4. The molecular weight excluding hydrogens is 544 g/mol. The van der Waals surface area contributed by atoms with Gasteiger partial charge < -0.3 is 4.57 Å². The Bertz CT molecular complexity index is 2490. The van der Waals surface area contributed by atoms with Gasteiger partial charge in [0, 0.05) is 28.4 Å². The van der Waals surface area contributed by atoms with E-state index in [1.165, 1.54) is 54.5 Å². The highest BCUT2D eigenvalue weighted by atomic mass is 15.0. The van der Waals surface area contributed by atoms with Crippen LogP contribution in [0.1, 0.15) is 0 Å². The molecule has 0 saturated heterocycles. The number of aromatic nitrogens is 2. The zero-order chi connectivity index (χ0) is 29.7. The summed E-state index contributed by atoms with van der Waals surface area (Å²) in [6, 6.07) is 58.8. The molecule has 0 bridgehead atoms. The van der Waals surface area contributed by atoms with Crippen LogP contribution in [-0.4, -0.2) is 9.55 Å². The van der Waals surface area contributed by atoms with E-state index in [2.05, 4.69) is 168 Å². The highest BCUT2D eigenvalue weighted by molar-refractivity contribution is 6.25.